The fourth-order valence-corrected chi connectivity index (χ4v) is 1.71. The van der Waals surface area contributed by atoms with Gasteiger partial charge in [-0.3, -0.25) is 15.5 Å². The fourth-order valence-electron chi connectivity index (χ4n) is 1.49. The summed E-state index contributed by atoms with van der Waals surface area (Å²) in [5.74, 6) is -0.498. The number of nitrogens with zero attached hydrogens (tertiary/aromatic N) is 2. The molecule has 102 valence electrons. The van der Waals surface area contributed by atoms with Gasteiger partial charge in [0.1, 0.15) is 5.82 Å². The molecule has 2 rings (SSSR count). The maximum Gasteiger partial charge on any atom is 0.271 e. The Kier molecular flexibility index (Phi) is 4.27. The maximum absolute atomic E-state index is 13.5. The topological polar surface area (TPSA) is 67.5 Å². The third kappa shape index (κ3) is 3.30. The predicted octanol–water partition coefficient (Wildman–Crippen LogP) is 3.83. The summed E-state index contributed by atoms with van der Waals surface area (Å²) in [5.41, 5.74) is 3.09. The van der Waals surface area contributed by atoms with Crippen LogP contribution in [-0.2, 0) is 0 Å². The van der Waals surface area contributed by atoms with Gasteiger partial charge < -0.3 is 0 Å². The molecule has 1 N–H and O–H groups in total. The zero-order valence-electron chi connectivity index (χ0n) is 10.1. The lowest BCUT2D eigenvalue weighted by Crippen LogP contribution is -1.95. The van der Waals surface area contributed by atoms with Gasteiger partial charge in [-0.05, 0) is 18.2 Å². The summed E-state index contributed by atoms with van der Waals surface area (Å²) >= 11 is 5.83. The number of anilines is 1. The average Bonchev–Trinajstić information content (AvgIpc) is 2.42. The van der Waals surface area contributed by atoms with E-state index in [1.165, 1.54) is 36.5 Å². The first-order valence-electron chi connectivity index (χ1n) is 5.55. The number of benzene rings is 2. The normalized spacial score (nSPS) is 10.7. The summed E-state index contributed by atoms with van der Waals surface area (Å²) < 4.78 is 13.5. The quantitative estimate of drug-likeness (QED) is 0.529. The van der Waals surface area contributed by atoms with Gasteiger partial charge in [0.25, 0.3) is 5.69 Å². The Morgan fingerprint density at radius 2 is 2.05 bits per heavy atom. The summed E-state index contributed by atoms with van der Waals surface area (Å²) in [5, 5.41) is 14.7. The van der Waals surface area contributed by atoms with Crippen molar-refractivity contribution in [2.75, 3.05) is 5.43 Å². The van der Waals surface area contributed by atoms with Gasteiger partial charge >= 0.3 is 0 Å². The van der Waals surface area contributed by atoms with Crippen LogP contribution in [0.15, 0.2) is 47.6 Å². The molecule has 2 aromatic rings. The average molecular weight is 294 g/mol. The van der Waals surface area contributed by atoms with Gasteiger partial charge in [0.2, 0.25) is 0 Å². The van der Waals surface area contributed by atoms with Crippen LogP contribution in [0.5, 0.6) is 0 Å². The van der Waals surface area contributed by atoms with Crippen molar-refractivity contribution in [3.05, 3.63) is 69.0 Å². The summed E-state index contributed by atoms with van der Waals surface area (Å²) in [6, 6.07) is 10.1. The number of nitro benzene ring substituents is 1. The molecule has 0 saturated heterocycles. The van der Waals surface area contributed by atoms with Gasteiger partial charge in [0.05, 0.1) is 21.8 Å². The van der Waals surface area contributed by atoms with Crippen molar-refractivity contribution in [2.45, 2.75) is 0 Å². The molecule has 0 fully saturated rings. The molecule has 0 saturated carbocycles. The van der Waals surface area contributed by atoms with Crippen molar-refractivity contribution in [3.8, 4) is 0 Å². The number of non-ortho nitro benzene ring substituents is 1. The molecule has 0 aliphatic heterocycles. The molecule has 2 aromatic carbocycles. The van der Waals surface area contributed by atoms with Gasteiger partial charge in [-0.15, -0.1) is 0 Å². The minimum Gasteiger partial charge on any atom is -0.278 e. The summed E-state index contributed by atoms with van der Waals surface area (Å²) in [4.78, 5) is 10.1. The molecule has 20 heavy (non-hydrogen) atoms. The highest BCUT2D eigenvalue weighted by atomic mass is 35.5. The first kappa shape index (κ1) is 14.0. The van der Waals surface area contributed by atoms with E-state index in [-0.39, 0.29) is 16.3 Å². The van der Waals surface area contributed by atoms with E-state index >= 15 is 0 Å². The first-order chi connectivity index (χ1) is 9.58. The number of nitro groups is 1. The van der Waals surface area contributed by atoms with Crippen molar-refractivity contribution >= 4 is 29.2 Å². The van der Waals surface area contributed by atoms with Gasteiger partial charge in [0, 0.05) is 17.7 Å². The van der Waals surface area contributed by atoms with Crippen molar-refractivity contribution in [1.82, 2.24) is 0 Å². The number of nitrogens with one attached hydrogen (secondary N) is 1. The standard InChI is InChI=1S/C13H9ClFN3O2/c14-12-5-2-6-13(15)11(12)8-16-17-9-3-1-4-10(7-9)18(19)20/h1-8,17H. The molecular weight excluding hydrogens is 285 g/mol. The highest BCUT2D eigenvalue weighted by Gasteiger charge is 2.05. The third-order valence-corrected chi connectivity index (χ3v) is 2.77. The minimum absolute atomic E-state index is 0.0610. The molecule has 0 aliphatic carbocycles. The van der Waals surface area contributed by atoms with E-state index in [1.807, 2.05) is 0 Å². The van der Waals surface area contributed by atoms with Gasteiger partial charge in [-0.2, -0.15) is 5.10 Å². The van der Waals surface area contributed by atoms with Crippen LogP contribution < -0.4 is 5.43 Å². The van der Waals surface area contributed by atoms with E-state index in [1.54, 1.807) is 12.1 Å². The molecule has 0 heterocycles. The summed E-state index contributed by atoms with van der Waals surface area (Å²) in [6.07, 6.45) is 1.22. The smallest absolute Gasteiger partial charge is 0.271 e. The Hall–Kier alpha value is -2.47. The molecule has 0 radical (unpaired) electrons. The van der Waals surface area contributed by atoms with E-state index in [0.29, 0.717) is 5.69 Å². The number of hydrazone groups is 1. The lowest BCUT2D eigenvalue weighted by atomic mass is 10.2. The molecule has 0 amide bonds. The molecule has 0 bridgehead atoms. The minimum atomic E-state index is -0.511. The predicted molar refractivity (Wildman–Crippen MR) is 75.7 cm³/mol. The number of hydrogen-bond acceptors (Lipinski definition) is 4. The van der Waals surface area contributed by atoms with Crippen molar-refractivity contribution in [1.29, 1.82) is 0 Å². The Labute approximate surface area is 118 Å². The second kappa shape index (κ2) is 6.12. The van der Waals surface area contributed by atoms with Gasteiger partial charge in [-0.25, -0.2) is 4.39 Å². The molecule has 0 unspecified atom stereocenters. The Bertz CT molecular complexity index is 656. The van der Waals surface area contributed by atoms with E-state index in [4.69, 9.17) is 11.6 Å². The number of hydrogen-bond donors (Lipinski definition) is 1. The van der Waals surface area contributed by atoms with Crippen LogP contribution in [0.4, 0.5) is 15.8 Å². The maximum atomic E-state index is 13.5. The highest BCUT2D eigenvalue weighted by molar-refractivity contribution is 6.33. The van der Waals surface area contributed by atoms with Crippen molar-refractivity contribution < 1.29 is 9.31 Å². The third-order valence-electron chi connectivity index (χ3n) is 2.44. The van der Waals surface area contributed by atoms with Gasteiger partial charge in [0.15, 0.2) is 0 Å². The van der Waals surface area contributed by atoms with Crippen molar-refractivity contribution in [3.63, 3.8) is 0 Å². The highest BCUT2D eigenvalue weighted by Crippen LogP contribution is 2.18. The lowest BCUT2D eigenvalue weighted by Gasteiger charge is -2.01. The van der Waals surface area contributed by atoms with Crippen LogP contribution in [0.3, 0.4) is 0 Å². The zero-order valence-corrected chi connectivity index (χ0v) is 10.8. The summed E-state index contributed by atoms with van der Waals surface area (Å²) in [6.45, 7) is 0. The van der Waals surface area contributed by atoms with E-state index in [9.17, 15) is 14.5 Å². The Balaban J connectivity index is 2.14. The Morgan fingerprint density at radius 1 is 1.30 bits per heavy atom. The second-order valence-corrected chi connectivity index (χ2v) is 4.22. The molecular formula is C13H9ClFN3O2. The molecule has 0 aliphatic rings. The molecule has 0 spiro atoms. The SMILES string of the molecule is O=[N+]([O-])c1cccc(NN=Cc2c(F)cccc2Cl)c1. The van der Waals surface area contributed by atoms with Crippen LogP contribution >= 0.6 is 11.6 Å². The van der Waals surface area contributed by atoms with Gasteiger partial charge in [-0.1, -0.05) is 23.7 Å². The largest absolute Gasteiger partial charge is 0.278 e. The van der Waals surface area contributed by atoms with Crippen LogP contribution in [0.25, 0.3) is 0 Å². The van der Waals surface area contributed by atoms with Crippen molar-refractivity contribution in [2.24, 2.45) is 5.10 Å². The fraction of sp³-hybridized carbons (Fsp3) is 0. The summed E-state index contributed by atoms with van der Waals surface area (Å²) in [7, 11) is 0. The Morgan fingerprint density at radius 3 is 2.75 bits per heavy atom. The molecule has 7 heteroatoms. The van der Waals surface area contributed by atoms with Crippen LogP contribution in [0.2, 0.25) is 5.02 Å². The van der Waals surface area contributed by atoms with E-state index < -0.39 is 10.7 Å². The zero-order chi connectivity index (χ0) is 14.5. The molecule has 0 atom stereocenters. The van der Waals surface area contributed by atoms with Crippen LogP contribution in [-0.4, -0.2) is 11.1 Å². The van der Waals surface area contributed by atoms with Crippen LogP contribution in [0.1, 0.15) is 5.56 Å². The first-order valence-corrected chi connectivity index (χ1v) is 5.93. The number of rotatable bonds is 4. The second-order valence-electron chi connectivity index (χ2n) is 3.81. The monoisotopic (exact) mass is 293 g/mol. The molecule has 5 nitrogen and oxygen atoms in total. The number of halogens is 2. The lowest BCUT2D eigenvalue weighted by molar-refractivity contribution is -0.384. The van der Waals surface area contributed by atoms with Crippen LogP contribution in [0, 0.1) is 15.9 Å². The van der Waals surface area contributed by atoms with E-state index in [0.717, 1.165) is 0 Å². The molecule has 0 aromatic heterocycles. The van der Waals surface area contributed by atoms with E-state index in [2.05, 4.69) is 10.5 Å².